The Bertz CT molecular complexity index is 616. The van der Waals surface area contributed by atoms with Crippen LogP contribution < -0.4 is 10.6 Å². The van der Waals surface area contributed by atoms with E-state index in [2.05, 4.69) is 24.3 Å². The molecule has 0 radical (unpaired) electrons. The second-order valence-corrected chi connectivity index (χ2v) is 6.23. The average molecular weight is 298 g/mol. The molecule has 1 unspecified atom stereocenters. The highest BCUT2D eigenvalue weighted by atomic mass is 19.1. The molecule has 2 nitrogen and oxygen atoms in total. The van der Waals surface area contributed by atoms with Crippen molar-refractivity contribution in [2.75, 3.05) is 18.5 Å². The Hall–Kier alpha value is -1.87. The van der Waals surface area contributed by atoms with Gasteiger partial charge >= 0.3 is 0 Å². The summed E-state index contributed by atoms with van der Waals surface area (Å²) < 4.78 is 14.0. The quantitative estimate of drug-likeness (QED) is 0.917. The highest BCUT2D eigenvalue weighted by Crippen LogP contribution is 2.31. The van der Waals surface area contributed by atoms with Crippen LogP contribution in [0.3, 0.4) is 0 Å². The predicted molar refractivity (Wildman–Crippen MR) is 89.6 cm³/mol. The summed E-state index contributed by atoms with van der Waals surface area (Å²) in [4.78, 5) is 2.00. The van der Waals surface area contributed by atoms with Gasteiger partial charge in [0.2, 0.25) is 0 Å². The van der Waals surface area contributed by atoms with Gasteiger partial charge in [-0.2, -0.15) is 0 Å². The molecule has 0 bridgehead atoms. The van der Waals surface area contributed by atoms with Gasteiger partial charge in [-0.05, 0) is 48.4 Å². The summed E-state index contributed by atoms with van der Waals surface area (Å²) in [6.07, 6.45) is 3.21. The summed E-state index contributed by atoms with van der Waals surface area (Å²) >= 11 is 0. The van der Waals surface area contributed by atoms with Gasteiger partial charge in [0, 0.05) is 19.6 Å². The van der Waals surface area contributed by atoms with Crippen molar-refractivity contribution in [2.24, 2.45) is 11.7 Å². The van der Waals surface area contributed by atoms with Crippen LogP contribution in [0.2, 0.25) is 0 Å². The van der Waals surface area contributed by atoms with E-state index in [4.69, 9.17) is 5.73 Å². The number of benzene rings is 2. The number of rotatable bonds is 5. The van der Waals surface area contributed by atoms with Crippen LogP contribution in [-0.2, 0) is 12.8 Å². The standard InChI is InChI=1S/C19H23FN2/c1-22(19-9-5-4-8-18(19)20)17(13-21)12-14-10-15-6-2-3-7-16(15)11-14/h2-9,14,17H,10-13,21H2,1H3. The molecule has 0 aromatic heterocycles. The smallest absolute Gasteiger partial charge is 0.146 e. The number of anilines is 1. The van der Waals surface area contributed by atoms with Crippen LogP contribution in [0.4, 0.5) is 10.1 Å². The van der Waals surface area contributed by atoms with E-state index in [1.54, 1.807) is 6.07 Å². The van der Waals surface area contributed by atoms with Gasteiger partial charge in [0.25, 0.3) is 0 Å². The molecule has 0 fully saturated rings. The Labute approximate surface area is 131 Å². The predicted octanol–water partition coefficient (Wildman–Crippen LogP) is 3.39. The number of hydrogen-bond donors (Lipinski definition) is 1. The molecule has 1 atom stereocenters. The van der Waals surface area contributed by atoms with Crippen LogP contribution in [0.25, 0.3) is 0 Å². The molecule has 0 saturated carbocycles. The molecule has 1 aliphatic rings. The third-order valence-corrected chi connectivity index (χ3v) is 4.79. The van der Waals surface area contributed by atoms with Crippen molar-refractivity contribution in [1.29, 1.82) is 0 Å². The van der Waals surface area contributed by atoms with Gasteiger partial charge in [0.15, 0.2) is 0 Å². The van der Waals surface area contributed by atoms with Crippen LogP contribution in [0.15, 0.2) is 48.5 Å². The normalized spacial score (nSPS) is 15.6. The largest absolute Gasteiger partial charge is 0.368 e. The molecule has 0 aliphatic heterocycles. The number of halogens is 1. The number of fused-ring (bicyclic) bond motifs is 1. The topological polar surface area (TPSA) is 29.3 Å². The monoisotopic (exact) mass is 298 g/mol. The SMILES string of the molecule is CN(c1ccccc1F)C(CN)CC1Cc2ccccc2C1. The molecule has 3 heteroatoms. The lowest BCUT2D eigenvalue weighted by Crippen LogP contribution is -2.40. The fourth-order valence-corrected chi connectivity index (χ4v) is 3.55. The average Bonchev–Trinajstić information content (AvgIpc) is 2.95. The first-order valence-electron chi connectivity index (χ1n) is 7.93. The molecular weight excluding hydrogens is 275 g/mol. The minimum atomic E-state index is -0.182. The summed E-state index contributed by atoms with van der Waals surface area (Å²) in [7, 11) is 1.94. The lowest BCUT2D eigenvalue weighted by molar-refractivity contribution is 0.439. The Kier molecular flexibility index (Phi) is 4.44. The first-order valence-corrected chi connectivity index (χ1v) is 7.93. The number of likely N-dealkylation sites (N-methyl/N-ethyl adjacent to an activating group) is 1. The summed E-state index contributed by atoms with van der Waals surface area (Å²) in [5.41, 5.74) is 9.52. The van der Waals surface area contributed by atoms with Crippen molar-refractivity contribution in [3.05, 3.63) is 65.5 Å². The second-order valence-electron chi connectivity index (χ2n) is 6.23. The zero-order valence-electron chi connectivity index (χ0n) is 13.0. The van der Waals surface area contributed by atoms with Crippen molar-refractivity contribution < 1.29 is 4.39 Å². The highest BCUT2D eigenvalue weighted by Gasteiger charge is 2.26. The summed E-state index contributed by atoms with van der Waals surface area (Å²) in [6.45, 7) is 0.539. The van der Waals surface area contributed by atoms with Crippen molar-refractivity contribution in [1.82, 2.24) is 0 Å². The van der Waals surface area contributed by atoms with E-state index in [0.29, 0.717) is 18.2 Å². The fraction of sp³-hybridized carbons (Fsp3) is 0.368. The molecule has 2 aromatic carbocycles. The molecule has 0 saturated heterocycles. The lowest BCUT2D eigenvalue weighted by Gasteiger charge is -2.31. The first kappa shape index (κ1) is 15.0. The Morgan fingerprint density at radius 3 is 2.27 bits per heavy atom. The summed E-state index contributed by atoms with van der Waals surface area (Å²) in [5, 5.41) is 0. The molecule has 22 heavy (non-hydrogen) atoms. The maximum atomic E-state index is 14.0. The van der Waals surface area contributed by atoms with Gasteiger partial charge in [0.05, 0.1) is 5.69 Å². The number of para-hydroxylation sites is 1. The lowest BCUT2D eigenvalue weighted by atomic mass is 9.96. The van der Waals surface area contributed by atoms with E-state index in [-0.39, 0.29) is 11.9 Å². The van der Waals surface area contributed by atoms with E-state index in [1.165, 1.54) is 17.2 Å². The number of nitrogens with two attached hydrogens (primary N) is 1. The molecule has 0 amide bonds. The maximum Gasteiger partial charge on any atom is 0.146 e. The minimum absolute atomic E-state index is 0.163. The zero-order chi connectivity index (χ0) is 15.5. The number of hydrogen-bond acceptors (Lipinski definition) is 2. The Balaban J connectivity index is 1.70. The van der Waals surface area contributed by atoms with E-state index >= 15 is 0 Å². The Morgan fingerprint density at radius 1 is 1.09 bits per heavy atom. The zero-order valence-corrected chi connectivity index (χ0v) is 13.0. The van der Waals surface area contributed by atoms with Crippen molar-refractivity contribution in [3.8, 4) is 0 Å². The van der Waals surface area contributed by atoms with Gasteiger partial charge in [-0.1, -0.05) is 36.4 Å². The maximum absolute atomic E-state index is 14.0. The number of nitrogens with zero attached hydrogens (tertiary/aromatic N) is 1. The van der Waals surface area contributed by atoms with E-state index in [0.717, 1.165) is 19.3 Å². The molecule has 1 aliphatic carbocycles. The molecule has 2 aromatic rings. The summed E-state index contributed by atoms with van der Waals surface area (Å²) in [5.74, 6) is 0.415. The van der Waals surface area contributed by atoms with Crippen LogP contribution in [0.5, 0.6) is 0 Å². The van der Waals surface area contributed by atoms with E-state index < -0.39 is 0 Å². The van der Waals surface area contributed by atoms with Crippen molar-refractivity contribution >= 4 is 5.69 Å². The van der Waals surface area contributed by atoms with Crippen LogP contribution in [-0.4, -0.2) is 19.6 Å². The van der Waals surface area contributed by atoms with Gasteiger partial charge < -0.3 is 10.6 Å². The molecule has 3 rings (SSSR count). The van der Waals surface area contributed by atoms with Gasteiger partial charge in [-0.3, -0.25) is 0 Å². The molecule has 0 spiro atoms. The second kappa shape index (κ2) is 6.49. The van der Waals surface area contributed by atoms with E-state index in [1.807, 2.05) is 24.1 Å². The van der Waals surface area contributed by atoms with Crippen LogP contribution >= 0.6 is 0 Å². The third kappa shape index (κ3) is 3.00. The third-order valence-electron chi connectivity index (χ3n) is 4.79. The highest BCUT2D eigenvalue weighted by molar-refractivity contribution is 5.48. The molecule has 2 N–H and O–H groups in total. The molecular formula is C19H23FN2. The van der Waals surface area contributed by atoms with E-state index in [9.17, 15) is 4.39 Å². The van der Waals surface area contributed by atoms with Crippen molar-refractivity contribution in [3.63, 3.8) is 0 Å². The molecule has 116 valence electrons. The van der Waals surface area contributed by atoms with Crippen molar-refractivity contribution in [2.45, 2.75) is 25.3 Å². The van der Waals surface area contributed by atoms with Crippen LogP contribution in [0.1, 0.15) is 17.5 Å². The van der Waals surface area contributed by atoms with Crippen LogP contribution in [0, 0.1) is 11.7 Å². The Morgan fingerprint density at radius 2 is 1.68 bits per heavy atom. The first-order chi connectivity index (χ1) is 10.7. The van der Waals surface area contributed by atoms with Gasteiger partial charge in [-0.25, -0.2) is 4.39 Å². The minimum Gasteiger partial charge on any atom is -0.368 e. The molecule has 0 heterocycles. The van der Waals surface area contributed by atoms with Gasteiger partial charge in [0.1, 0.15) is 5.82 Å². The summed E-state index contributed by atoms with van der Waals surface area (Å²) in [6, 6.07) is 15.7. The fourth-order valence-electron chi connectivity index (χ4n) is 3.55. The van der Waals surface area contributed by atoms with Gasteiger partial charge in [-0.15, -0.1) is 0 Å².